The van der Waals surface area contributed by atoms with Crippen LogP contribution in [0.3, 0.4) is 0 Å². The summed E-state index contributed by atoms with van der Waals surface area (Å²) in [5.41, 5.74) is 0. The third kappa shape index (κ3) is 58.3. The molecule has 0 aromatic heterocycles. The third-order valence-electron chi connectivity index (χ3n) is 12.1. The van der Waals surface area contributed by atoms with Crippen molar-refractivity contribution >= 4 is 17.9 Å². The van der Waals surface area contributed by atoms with E-state index in [2.05, 4.69) is 154 Å². The minimum Gasteiger partial charge on any atom is -0.462 e. The van der Waals surface area contributed by atoms with Crippen molar-refractivity contribution in [2.75, 3.05) is 13.2 Å². The Morgan fingerprint density at radius 3 is 0.863 bits per heavy atom. The van der Waals surface area contributed by atoms with Crippen LogP contribution in [-0.4, -0.2) is 37.2 Å². The standard InChI is InChI=1S/C67H108O6/c1-4-7-10-13-16-19-22-25-28-30-31-32-33-34-35-37-39-42-45-48-51-54-57-60-66(69)72-63-64(62-71-65(68)59-56-53-50-47-44-41-38-27-24-21-18-15-12-9-6-3)73-67(70)61-58-55-52-49-46-43-40-36-29-26-23-20-17-14-11-8-5-2/h7,9-10,12,16-21,25-29,31-32,34-35,38,44,47,64H,4-6,8,11,13-15,22-24,30,33,36-37,39-43,45-46,48-63H2,1-3H3/b10-7-,12-9-,19-16-,20-17-,21-18-,28-25-,29-26-,32-31-,35-34-,38-27-,47-44-. The van der Waals surface area contributed by atoms with E-state index < -0.39 is 6.10 Å². The van der Waals surface area contributed by atoms with Crippen molar-refractivity contribution in [2.24, 2.45) is 0 Å². The van der Waals surface area contributed by atoms with Gasteiger partial charge in [-0.15, -0.1) is 0 Å². The molecule has 0 spiro atoms. The van der Waals surface area contributed by atoms with Crippen LogP contribution < -0.4 is 0 Å². The number of hydrogen-bond donors (Lipinski definition) is 0. The van der Waals surface area contributed by atoms with Crippen LogP contribution in [0.4, 0.5) is 0 Å². The average Bonchev–Trinajstić information content (AvgIpc) is 3.39. The summed E-state index contributed by atoms with van der Waals surface area (Å²) < 4.78 is 16.8. The number of hydrogen-bond acceptors (Lipinski definition) is 6. The number of allylic oxidation sites excluding steroid dienone is 22. The molecule has 0 aromatic carbocycles. The Labute approximate surface area is 449 Å². The maximum absolute atomic E-state index is 12.9. The summed E-state index contributed by atoms with van der Waals surface area (Å²) in [5.74, 6) is -0.967. The lowest BCUT2D eigenvalue weighted by Gasteiger charge is -2.18. The first-order valence-electron chi connectivity index (χ1n) is 29.7. The Morgan fingerprint density at radius 1 is 0.288 bits per heavy atom. The summed E-state index contributed by atoms with van der Waals surface area (Å²) in [6.07, 6.45) is 84.4. The van der Waals surface area contributed by atoms with Gasteiger partial charge >= 0.3 is 17.9 Å². The van der Waals surface area contributed by atoms with Crippen molar-refractivity contribution < 1.29 is 28.6 Å². The predicted molar refractivity (Wildman–Crippen MR) is 316 cm³/mol. The van der Waals surface area contributed by atoms with Crippen LogP contribution in [0.25, 0.3) is 0 Å². The molecule has 6 nitrogen and oxygen atoms in total. The molecule has 0 bridgehead atoms. The van der Waals surface area contributed by atoms with Crippen LogP contribution in [0, 0.1) is 0 Å². The van der Waals surface area contributed by atoms with E-state index in [4.69, 9.17) is 14.2 Å². The predicted octanol–water partition coefficient (Wildman–Crippen LogP) is 20.2. The molecular formula is C67H108O6. The fourth-order valence-electron chi connectivity index (χ4n) is 7.72. The molecule has 0 N–H and O–H groups in total. The molecule has 1 unspecified atom stereocenters. The Bertz CT molecular complexity index is 1580. The van der Waals surface area contributed by atoms with Crippen molar-refractivity contribution in [2.45, 2.75) is 258 Å². The highest BCUT2D eigenvalue weighted by molar-refractivity contribution is 5.71. The summed E-state index contributed by atoms with van der Waals surface area (Å²) in [4.78, 5) is 38.2. The Morgan fingerprint density at radius 2 is 0.534 bits per heavy atom. The van der Waals surface area contributed by atoms with Gasteiger partial charge in [-0.1, -0.05) is 231 Å². The van der Waals surface area contributed by atoms with E-state index in [-0.39, 0.29) is 31.1 Å². The molecule has 0 aliphatic carbocycles. The fraction of sp³-hybridized carbons (Fsp3) is 0.627. The fourth-order valence-corrected chi connectivity index (χ4v) is 7.72. The summed E-state index contributed by atoms with van der Waals surface area (Å²) in [5, 5.41) is 0. The quantitative estimate of drug-likeness (QED) is 0.0261. The smallest absolute Gasteiger partial charge is 0.306 e. The SMILES string of the molecule is CC/C=C\C/C=C\C/C=C\C/C=C\C/C=C\CCCCCCCCCC(=O)OCC(COC(=O)CCCC/C=C\C/C=C\C/C=C\C/C=C\CC)OC(=O)CCCCCCCCC/C=C\C/C=C\CCCCC. The van der Waals surface area contributed by atoms with Crippen molar-refractivity contribution in [3.63, 3.8) is 0 Å². The van der Waals surface area contributed by atoms with E-state index in [1.807, 2.05) is 0 Å². The summed E-state index contributed by atoms with van der Waals surface area (Å²) in [6.45, 7) is 6.33. The van der Waals surface area contributed by atoms with E-state index in [1.165, 1.54) is 77.0 Å². The number of unbranched alkanes of at least 4 members (excludes halogenated alkanes) is 19. The van der Waals surface area contributed by atoms with Crippen LogP contribution in [-0.2, 0) is 28.6 Å². The topological polar surface area (TPSA) is 78.9 Å². The third-order valence-corrected chi connectivity index (χ3v) is 12.1. The van der Waals surface area contributed by atoms with Crippen LogP contribution in [0.1, 0.15) is 252 Å². The second kappa shape index (κ2) is 60.1. The van der Waals surface area contributed by atoms with Crippen molar-refractivity contribution in [3.05, 3.63) is 134 Å². The first kappa shape index (κ1) is 68.6. The van der Waals surface area contributed by atoms with Crippen LogP contribution in [0.2, 0.25) is 0 Å². The maximum atomic E-state index is 12.9. The van der Waals surface area contributed by atoms with Crippen molar-refractivity contribution in [1.29, 1.82) is 0 Å². The van der Waals surface area contributed by atoms with Gasteiger partial charge in [0, 0.05) is 19.3 Å². The molecule has 6 heteroatoms. The number of rotatable bonds is 52. The van der Waals surface area contributed by atoms with E-state index in [0.29, 0.717) is 19.3 Å². The van der Waals surface area contributed by atoms with Gasteiger partial charge in [0.15, 0.2) is 6.10 Å². The number of ether oxygens (including phenoxy) is 3. The number of esters is 3. The lowest BCUT2D eigenvalue weighted by molar-refractivity contribution is -0.167. The highest BCUT2D eigenvalue weighted by Gasteiger charge is 2.19. The van der Waals surface area contributed by atoms with Gasteiger partial charge in [0.2, 0.25) is 0 Å². The Kier molecular flexibility index (Phi) is 56.4. The lowest BCUT2D eigenvalue weighted by Crippen LogP contribution is -2.30. The molecule has 0 heterocycles. The van der Waals surface area contributed by atoms with Crippen molar-refractivity contribution in [3.8, 4) is 0 Å². The van der Waals surface area contributed by atoms with E-state index in [0.717, 1.165) is 135 Å². The van der Waals surface area contributed by atoms with Gasteiger partial charge in [-0.2, -0.15) is 0 Å². The van der Waals surface area contributed by atoms with E-state index in [9.17, 15) is 14.4 Å². The molecule has 0 rings (SSSR count). The van der Waals surface area contributed by atoms with Crippen LogP contribution in [0.5, 0.6) is 0 Å². The largest absolute Gasteiger partial charge is 0.462 e. The number of carbonyl (C=O) groups excluding carboxylic acids is 3. The van der Waals surface area contributed by atoms with Crippen LogP contribution >= 0.6 is 0 Å². The number of carbonyl (C=O) groups is 3. The zero-order valence-electron chi connectivity index (χ0n) is 47.1. The second-order valence-corrected chi connectivity index (χ2v) is 19.1. The first-order chi connectivity index (χ1) is 36.0. The molecule has 1 atom stereocenters. The summed E-state index contributed by atoms with van der Waals surface area (Å²) in [6, 6.07) is 0. The monoisotopic (exact) mass is 1010 g/mol. The molecular weight excluding hydrogens is 901 g/mol. The highest BCUT2D eigenvalue weighted by Crippen LogP contribution is 2.14. The van der Waals surface area contributed by atoms with Gasteiger partial charge in [0.1, 0.15) is 13.2 Å². The van der Waals surface area contributed by atoms with Gasteiger partial charge in [-0.25, -0.2) is 0 Å². The minimum absolute atomic E-state index is 0.105. The molecule has 0 aromatic rings. The molecule has 0 radical (unpaired) electrons. The molecule has 0 aliphatic rings. The zero-order chi connectivity index (χ0) is 52.9. The summed E-state index contributed by atoms with van der Waals surface area (Å²) in [7, 11) is 0. The van der Waals surface area contributed by atoms with Gasteiger partial charge in [-0.3, -0.25) is 14.4 Å². The van der Waals surface area contributed by atoms with E-state index >= 15 is 0 Å². The Hall–Kier alpha value is -4.45. The molecule has 73 heavy (non-hydrogen) atoms. The van der Waals surface area contributed by atoms with Crippen LogP contribution in [0.15, 0.2) is 134 Å². The maximum Gasteiger partial charge on any atom is 0.306 e. The first-order valence-corrected chi connectivity index (χ1v) is 29.7. The Balaban J connectivity index is 4.47. The van der Waals surface area contributed by atoms with Gasteiger partial charge < -0.3 is 14.2 Å². The van der Waals surface area contributed by atoms with Crippen molar-refractivity contribution in [1.82, 2.24) is 0 Å². The molecule has 0 fully saturated rings. The minimum atomic E-state index is -0.810. The molecule has 0 saturated heterocycles. The van der Waals surface area contributed by atoms with Gasteiger partial charge in [0.05, 0.1) is 0 Å². The van der Waals surface area contributed by atoms with E-state index in [1.54, 1.807) is 0 Å². The normalized spacial score (nSPS) is 13.1. The zero-order valence-corrected chi connectivity index (χ0v) is 47.1. The molecule has 0 amide bonds. The summed E-state index contributed by atoms with van der Waals surface area (Å²) >= 11 is 0. The van der Waals surface area contributed by atoms with Gasteiger partial charge in [-0.05, 0) is 135 Å². The molecule has 0 aliphatic heterocycles. The molecule has 412 valence electrons. The lowest BCUT2D eigenvalue weighted by atomic mass is 10.1. The molecule has 0 saturated carbocycles. The second-order valence-electron chi connectivity index (χ2n) is 19.1. The average molecular weight is 1010 g/mol. The highest BCUT2D eigenvalue weighted by atomic mass is 16.6. The van der Waals surface area contributed by atoms with Gasteiger partial charge in [0.25, 0.3) is 0 Å².